The summed E-state index contributed by atoms with van der Waals surface area (Å²) >= 11 is 1.33. The molecule has 100 valence electrons. The summed E-state index contributed by atoms with van der Waals surface area (Å²) in [6, 6.07) is 1.70. The third-order valence-electron chi connectivity index (χ3n) is 2.66. The first-order valence-electron chi connectivity index (χ1n) is 5.57. The third-order valence-corrected chi connectivity index (χ3v) is 3.89. The van der Waals surface area contributed by atoms with Crippen LogP contribution in [0.1, 0.15) is 20.1 Å². The maximum absolute atomic E-state index is 12.9. The van der Waals surface area contributed by atoms with E-state index in [1.54, 1.807) is 6.07 Å². The monoisotopic (exact) mass is 276 g/mol. The lowest BCUT2D eigenvalue weighted by molar-refractivity contribution is 0.0119. The number of carbonyl (C=O) groups excluding carboxylic acids is 1. The first-order valence-corrected chi connectivity index (χ1v) is 6.39. The van der Waals surface area contributed by atoms with Crippen LogP contribution < -0.4 is 11.1 Å². The average Bonchev–Trinajstić information content (AvgIpc) is 2.80. The second kappa shape index (κ2) is 5.29. The fourth-order valence-electron chi connectivity index (χ4n) is 1.63. The largest absolute Gasteiger partial charge is 0.376 e. The number of fused-ring (bicyclic) bond motifs is 1. The fourth-order valence-corrected chi connectivity index (χ4v) is 2.69. The van der Waals surface area contributed by atoms with E-state index in [0.29, 0.717) is 18.1 Å². The van der Waals surface area contributed by atoms with E-state index >= 15 is 0 Å². The Kier molecular flexibility index (Phi) is 3.94. The molecule has 1 aromatic heterocycles. The Morgan fingerprint density at radius 1 is 1.61 bits per heavy atom. The van der Waals surface area contributed by atoms with Gasteiger partial charge in [-0.3, -0.25) is 4.79 Å². The SMILES string of the molecule is NCC(F)(F)CNC(=O)c1cc2c(s1)CCOC2. The van der Waals surface area contributed by atoms with Crippen LogP contribution in [0.25, 0.3) is 0 Å². The highest BCUT2D eigenvalue weighted by molar-refractivity contribution is 7.14. The van der Waals surface area contributed by atoms with Crippen molar-refractivity contribution < 1.29 is 18.3 Å². The maximum atomic E-state index is 12.9. The summed E-state index contributed by atoms with van der Waals surface area (Å²) < 4.78 is 31.1. The first kappa shape index (κ1) is 13.4. The molecule has 1 amide bonds. The Labute approximate surface area is 107 Å². The van der Waals surface area contributed by atoms with Crippen molar-refractivity contribution in [3.8, 4) is 0 Å². The zero-order chi connectivity index (χ0) is 13.2. The van der Waals surface area contributed by atoms with E-state index in [1.165, 1.54) is 11.3 Å². The number of hydrogen-bond acceptors (Lipinski definition) is 4. The number of nitrogens with one attached hydrogen (secondary N) is 1. The minimum absolute atomic E-state index is 0.443. The second-order valence-corrected chi connectivity index (χ2v) is 5.24. The van der Waals surface area contributed by atoms with Crippen molar-refractivity contribution in [2.45, 2.75) is 19.0 Å². The number of ether oxygens (including phenoxy) is 1. The lowest BCUT2D eigenvalue weighted by Gasteiger charge is -2.13. The van der Waals surface area contributed by atoms with E-state index in [1.807, 2.05) is 0 Å². The quantitative estimate of drug-likeness (QED) is 0.867. The predicted octanol–water partition coefficient (Wildman–Crippen LogP) is 1.14. The average molecular weight is 276 g/mol. The molecule has 0 spiro atoms. The second-order valence-electron chi connectivity index (χ2n) is 4.10. The number of hydrogen-bond donors (Lipinski definition) is 2. The van der Waals surface area contributed by atoms with Gasteiger partial charge in [-0.2, -0.15) is 0 Å². The molecule has 0 saturated carbocycles. The highest BCUT2D eigenvalue weighted by Crippen LogP contribution is 2.26. The third kappa shape index (κ3) is 3.04. The highest BCUT2D eigenvalue weighted by atomic mass is 32.1. The summed E-state index contributed by atoms with van der Waals surface area (Å²) in [5, 5.41) is 2.20. The topological polar surface area (TPSA) is 64.3 Å². The van der Waals surface area contributed by atoms with Crippen LogP contribution in [0, 0.1) is 0 Å². The molecule has 1 aromatic rings. The summed E-state index contributed by atoms with van der Waals surface area (Å²) in [5.74, 6) is -3.54. The van der Waals surface area contributed by atoms with Crippen LogP contribution in [0.4, 0.5) is 8.78 Å². The molecule has 4 nitrogen and oxygen atoms in total. The van der Waals surface area contributed by atoms with Gasteiger partial charge in [0, 0.05) is 11.3 Å². The van der Waals surface area contributed by atoms with Crippen molar-refractivity contribution in [1.29, 1.82) is 0 Å². The van der Waals surface area contributed by atoms with Gasteiger partial charge in [-0.05, 0) is 11.6 Å². The molecular formula is C11H14F2N2O2S. The van der Waals surface area contributed by atoms with E-state index in [2.05, 4.69) is 5.32 Å². The maximum Gasteiger partial charge on any atom is 0.277 e. The van der Waals surface area contributed by atoms with Crippen molar-refractivity contribution in [2.24, 2.45) is 5.73 Å². The van der Waals surface area contributed by atoms with Crippen molar-refractivity contribution in [2.75, 3.05) is 19.7 Å². The molecule has 18 heavy (non-hydrogen) atoms. The van der Waals surface area contributed by atoms with Crippen LogP contribution in [0.2, 0.25) is 0 Å². The summed E-state index contributed by atoms with van der Waals surface area (Å²) in [6.07, 6.45) is 0.770. The predicted molar refractivity (Wildman–Crippen MR) is 64.0 cm³/mol. The van der Waals surface area contributed by atoms with E-state index in [0.717, 1.165) is 16.9 Å². The molecule has 0 radical (unpaired) electrons. The van der Waals surface area contributed by atoms with Gasteiger partial charge in [0.25, 0.3) is 11.8 Å². The molecular weight excluding hydrogens is 262 g/mol. The minimum atomic E-state index is -3.06. The van der Waals surface area contributed by atoms with Crippen LogP contribution in [0.3, 0.4) is 0 Å². The van der Waals surface area contributed by atoms with Crippen molar-refractivity contribution >= 4 is 17.2 Å². The molecule has 0 saturated heterocycles. The van der Waals surface area contributed by atoms with Crippen LogP contribution in [-0.4, -0.2) is 31.5 Å². The molecule has 0 aliphatic carbocycles. The smallest absolute Gasteiger partial charge is 0.277 e. The van der Waals surface area contributed by atoms with Crippen LogP contribution in [0.15, 0.2) is 6.07 Å². The highest BCUT2D eigenvalue weighted by Gasteiger charge is 2.28. The molecule has 2 heterocycles. The van der Waals surface area contributed by atoms with Crippen LogP contribution in [-0.2, 0) is 17.8 Å². The van der Waals surface area contributed by atoms with E-state index in [9.17, 15) is 13.6 Å². The summed E-state index contributed by atoms with van der Waals surface area (Å²) in [5.41, 5.74) is 5.87. The lowest BCUT2D eigenvalue weighted by Crippen LogP contribution is -2.41. The Morgan fingerprint density at radius 3 is 3.06 bits per heavy atom. The fraction of sp³-hybridized carbons (Fsp3) is 0.545. The molecule has 0 fully saturated rings. The van der Waals surface area contributed by atoms with Gasteiger partial charge in [0.2, 0.25) is 0 Å². The number of thiophene rings is 1. The number of alkyl halides is 2. The van der Waals surface area contributed by atoms with Gasteiger partial charge in [0.1, 0.15) is 0 Å². The van der Waals surface area contributed by atoms with Gasteiger partial charge in [-0.1, -0.05) is 0 Å². The molecule has 0 aromatic carbocycles. The zero-order valence-corrected chi connectivity index (χ0v) is 10.5. The standard InChI is InChI=1S/C11H14F2N2O2S/c12-11(13,5-14)6-15-10(16)9-3-7-4-17-2-1-8(7)18-9/h3H,1-2,4-6,14H2,(H,15,16). The minimum Gasteiger partial charge on any atom is -0.376 e. The molecule has 0 bridgehead atoms. The normalized spacial score (nSPS) is 15.3. The first-order chi connectivity index (χ1) is 8.52. The van der Waals surface area contributed by atoms with Crippen molar-refractivity contribution in [1.82, 2.24) is 5.32 Å². The molecule has 0 unspecified atom stereocenters. The Balaban J connectivity index is 1.99. The molecule has 3 N–H and O–H groups in total. The summed E-state index contributed by atoms with van der Waals surface area (Å²) in [4.78, 5) is 13.2. The van der Waals surface area contributed by atoms with Crippen molar-refractivity contribution in [3.05, 3.63) is 21.4 Å². The molecule has 1 aliphatic rings. The van der Waals surface area contributed by atoms with Gasteiger partial charge >= 0.3 is 0 Å². The molecule has 0 atom stereocenters. The Bertz CT molecular complexity index is 425. The number of halogens is 2. The van der Waals surface area contributed by atoms with Gasteiger partial charge < -0.3 is 15.8 Å². The molecule has 2 rings (SSSR count). The van der Waals surface area contributed by atoms with Gasteiger partial charge in [0.05, 0.1) is 31.2 Å². The Hall–Kier alpha value is -1.05. The van der Waals surface area contributed by atoms with Gasteiger partial charge in [-0.25, -0.2) is 8.78 Å². The van der Waals surface area contributed by atoms with Crippen molar-refractivity contribution in [3.63, 3.8) is 0 Å². The lowest BCUT2D eigenvalue weighted by atomic mass is 10.2. The van der Waals surface area contributed by atoms with Gasteiger partial charge in [0.15, 0.2) is 0 Å². The van der Waals surface area contributed by atoms with Crippen LogP contribution in [0.5, 0.6) is 0 Å². The van der Waals surface area contributed by atoms with E-state index in [-0.39, 0.29) is 0 Å². The molecule has 1 aliphatic heterocycles. The summed E-state index contributed by atoms with van der Waals surface area (Å²) in [6.45, 7) is -0.388. The number of amides is 1. The molecule has 7 heteroatoms. The van der Waals surface area contributed by atoms with E-state index < -0.39 is 24.9 Å². The Morgan fingerprint density at radius 2 is 2.39 bits per heavy atom. The van der Waals surface area contributed by atoms with E-state index in [4.69, 9.17) is 10.5 Å². The van der Waals surface area contributed by atoms with Crippen LogP contribution >= 0.6 is 11.3 Å². The summed E-state index contributed by atoms with van der Waals surface area (Å²) in [7, 11) is 0. The number of rotatable bonds is 4. The number of carbonyl (C=O) groups is 1. The zero-order valence-electron chi connectivity index (χ0n) is 9.67. The van der Waals surface area contributed by atoms with Gasteiger partial charge in [-0.15, -0.1) is 11.3 Å². The number of nitrogens with two attached hydrogens (primary N) is 1.